The quantitative estimate of drug-likeness (QED) is 0.830. The number of β-amino-alcohol motifs (C(OH)–C–C–N with tert-alkyl or cyclic N) is 1. The summed E-state index contributed by atoms with van der Waals surface area (Å²) in [5.41, 5.74) is 0.473. The van der Waals surface area contributed by atoms with E-state index in [1.807, 2.05) is 0 Å². The Hall–Kier alpha value is -1.61. The molecule has 0 saturated carbocycles. The van der Waals surface area contributed by atoms with Crippen molar-refractivity contribution in [2.24, 2.45) is 0 Å². The summed E-state index contributed by atoms with van der Waals surface area (Å²) in [6.07, 6.45) is 0.703. The number of likely N-dealkylation sites (tertiary alicyclic amines) is 1. The van der Waals surface area contributed by atoms with Crippen LogP contribution in [0.2, 0.25) is 0 Å². The maximum atomic E-state index is 9.98. The van der Waals surface area contributed by atoms with E-state index in [2.05, 4.69) is 11.0 Å². The van der Waals surface area contributed by atoms with Crippen molar-refractivity contribution < 1.29 is 14.9 Å². The van der Waals surface area contributed by atoms with Gasteiger partial charge < -0.3 is 19.8 Å². The van der Waals surface area contributed by atoms with Crippen LogP contribution < -0.4 is 4.74 Å². The van der Waals surface area contributed by atoms with Crippen LogP contribution in [0.25, 0.3) is 0 Å². The minimum atomic E-state index is -0.600. The Kier molecular flexibility index (Phi) is 5.36. The molecule has 1 saturated heterocycles. The zero-order valence-corrected chi connectivity index (χ0v) is 11.4. The second-order valence-corrected chi connectivity index (χ2v) is 5.10. The van der Waals surface area contributed by atoms with E-state index in [-0.39, 0.29) is 12.7 Å². The largest absolute Gasteiger partial charge is 0.489 e. The fourth-order valence-electron chi connectivity index (χ4n) is 2.32. The molecule has 0 bridgehead atoms. The number of para-hydroxylation sites is 1. The Morgan fingerprint density at radius 1 is 1.35 bits per heavy atom. The van der Waals surface area contributed by atoms with Crippen molar-refractivity contribution in [2.45, 2.75) is 25.0 Å². The molecule has 5 nitrogen and oxygen atoms in total. The van der Waals surface area contributed by atoms with Gasteiger partial charge in [-0.15, -0.1) is 0 Å². The van der Waals surface area contributed by atoms with Gasteiger partial charge in [-0.25, -0.2) is 0 Å². The summed E-state index contributed by atoms with van der Waals surface area (Å²) < 4.78 is 5.50. The van der Waals surface area contributed by atoms with Crippen LogP contribution in [0.15, 0.2) is 24.3 Å². The molecule has 2 rings (SSSR count). The monoisotopic (exact) mass is 276 g/mol. The number of aliphatic hydroxyl groups excluding tert-OH is 2. The lowest BCUT2D eigenvalue weighted by Gasteiger charge is -2.30. The average molecular weight is 276 g/mol. The molecule has 20 heavy (non-hydrogen) atoms. The van der Waals surface area contributed by atoms with Crippen molar-refractivity contribution in [3.63, 3.8) is 0 Å². The normalized spacial score (nSPS) is 18.4. The standard InChI is InChI=1S/C15H20N2O3/c16-9-12-3-1-2-4-15(12)20-11-14(19)10-17-7-5-13(18)6-8-17/h1-4,13-14,18-19H,5-8,10-11H2. The lowest BCUT2D eigenvalue weighted by atomic mass is 10.1. The molecule has 1 aliphatic heterocycles. The van der Waals surface area contributed by atoms with Gasteiger partial charge in [-0.1, -0.05) is 12.1 Å². The van der Waals surface area contributed by atoms with E-state index in [4.69, 9.17) is 10.00 Å². The minimum absolute atomic E-state index is 0.164. The first-order valence-electron chi connectivity index (χ1n) is 6.89. The number of rotatable bonds is 5. The lowest BCUT2D eigenvalue weighted by molar-refractivity contribution is 0.0337. The molecule has 0 aliphatic carbocycles. The molecule has 1 heterocycles. The third kappa shape index (κ3) is 4.20. The summed E-state index contributed by atoms with van der Waals surface area (Å²) in [6, 6.07) is 9.05. The van der Waals surface area contributed by atoms with E-state index < -0.39 is 6.10 Å². The van der Waals surface area contributed by atoms with Crippen LogP contribution in [0, 0.1) is 11.3 Å². The number of nitriles is 1. The molecule has 1 atom stereocenters. The van der Waals surface area contributed by atoms with Gasteiger partial charge in [-0.2, -0.15) is 5.26 Å². The van der Waals surface area contributed by atoms with Crippen molar-refractivity contribution >= 4 is 0 Å². The summed E-state index contributed by atoms with van der Waals surface area (Å²) in [4.78, 5) is 2.12. The van der Waals surface area contributed by atoms with Crippen LogP contribution in [-0.2, 0) is 0 Å². The molecule has 5 heteroatoms. The number of benzene rings is 1. The first kappa shape index (κ1) is 14.8. The Balaban J connectivity index is 1.77. The fourth-order valence-corrected chi connectivity index (χ4v) is 2.32. The minimum Gasteiger partial charge on any atom is -0.489 e. The molecule has 0 spiro atoms. The lowest BCUT2D eigenvalue weighted by Crippen LogP contribution is -2.41. The first-order valence-corrected chi connectivity index (χ1v) is 6.89. The maximum absolute atomic E-state index is 9.98. The number of nitrogens with zero attached hydrogens (tertiary/aromatic N) is 2. The van der Waals surface area contributed by atoms with E-state index >= 15 is 0 Å². The second-order valence-electron chi connectivity index (χ2n) is 5.10. The first-order chi connectivity index (χ1) is 9.69. The predicted octanol–water partition coefficient (Wildman–Crippen LogP) is 0.755. The second kappa shape index (κ2) is 7.25. The van der Waals surface area contributed by atoms with Crippen LogP contribution in [0.5, 0.6) is 5.75 Å². The summed E-state index contributed by atoms with van der Waals surface area (Å²) in [5.74, 6) is 0.503. The SMILES string of the molecule is N#Cc1ccccc1OCC(O)CN1CCC(O)CC1. The van der Waals surface area contributed by atoms with Gasteiger partial charge in [0.05, 0.1) is 11.7 Å². The summed E-state index contributed by atoms with van der Waals surface area (Å²) in [7, 11) is 0. The Morgan fingerprint density at radius 2 is 2.05 bits per heavy atom. The van der Waals surface area contributed by atoms with Crippen LogP contribution in [-0.4, -0.2) is 53.6 Å². The Labute approximate surface area is 119 Å². The zero-order chi connectivity index (χ0) is 14.4. The highest BCUT2D eigenvalue weighted by atomic mass is 16.5. The molecule has 2 N–H and O–H groups in total. The molecular formula is C15H20N2O3. The van der Waals surface area contributed by atoms with Gasteiger partial charge in [0.2, 0.25) is 0 Å². The topological polar surface area (TPSA) is 76.7 Å². The van der Waals surface area contributed by atoms with Gasteiger partial charge in [-0.05, 0) is 25.0 Å². The molecule has 0 radical (unpaired) electrons. The zero-order valence-electron chi connectivity index (χ0n) is 11.4. The van der Waals surface area contributed by atoms with Gasteiger partial charge in [-0.3, -0.25) is 0 Å². The van der Waals surface area contributed by atoms with E-state index in [0.29, 0.717) is 17.9 Å². The molecular weight excluding hydrogens is 256 g/mol. The smallest absolute Gasteiger partial charge is 0.137 e. The van der Waals surface area contributed by atoms with Crippen molar-refractivity contribution in [3.8, 4) is 11.8 Å². The van der Waals surface area contributed by atoms with E-state index in [0.717, 1.165) is 25.9 Å². The Bertz CT molecular complexity index is 464. The Morgan fingerprint density at radius 3 is 2.75 bits per heavy atom. The predicted molar refractivity (Wildman–Crippen MR) is 74.3 cm³/mol. The average Bonchev–Trinajstić information content (AvgIpc) is 2.48. The van der Waals surface area contributed by atoms with Gasteiger partial charge in [0.1, 0.15) is 24.5 Å². The molecule has 1 aromatic rings. The molecule has 1 fully saturated rings. The third-order valence-electron chi connectivity index (χ3n) is 3.46. The third-order valence-corrected chi connectivity index (χ3v) is 3.46. The fraction of sp³-hybridized carbons (Fsp3) is 0.533. The molecule has 0 aromatic heterocycles. The molecule has 0 amide bonds. The van der Waals surface area contributed by atoms with Crippen LogP contribution in [0.4, 0.5) is 0 Å². The summed E-state index contributed by atoms with van der Waals surface area (Å²) >= 11 is 0. The van der Waals surface area contributed by atoms with Crippen molar-refractivity contribution in [1.82, 2.24) is 4.90 Å². The molecule has 1 aliphatic rings. The summed E-state index contributed by atoms with van der Waals surface area (Å²) in [5, 5.41) is 28.4. The molecule has 108 valence electrons. The van der Waals surface area contributed by atoms with Gasteiger partial charge >= 0.3 is 0 Å². The van der Waals surface area contributed by atoms with Crippen LogP contribution in [0.1, 0.15) is 18.4 Å². The number of aliphatic hydroxyl groups is 2. The molecule has 1 aromatic carbocycles. The summed E-state index contributed by atoms with van der Waals surface area (Å²) in [6.45, 7) is 2.29. The van der Waals surface area contributed by atoms with Crippen LogP contribution >= 0.6 is 0 Å². The number of hydrogen-bond donors (Lipinski definition) is 2. The maximum Gasteiger partial charge on any atom is 0.137 e. The highest BCUT2D eigenvalue weighted by molar-refractivity contribution is 5.42. The van der Waals surface area contributed by atoms with Crippen LogP contribution in [0.3, 0.4) is 0 Å². The molecule has 1 unspecified atom stereocenters. The van der Waals surface area contributed by atoms with Gasteiger partial charge in [0.25, 0.3) is 0 Å². The highest BCUT2D eigenvalue weighted by Crippen LogP contribution is 2.17. The van der Waals surface area contributed by atoms with Crippen molar-refractivity contribution in [2.75, 3.05) is 26.2 Å². The van der Waals surface area contributed by atoms with Crippen molar-refractivity contribution in [3.05, 3.63) is 29.8 Å². The van der Waals surface area contributed by atoms with E-state index in [1.165, 1.54) is 0 Å². The van der Waals surface area contributed by atoms with Gasteiger partial charge in [0, 0.05) is 19.6 Å². The number of piperidine rings is 1. The highest BCUT2D eigenvalue weighted by Gasteiger charge is 2.19. The van der Waals surface area contributed by atoms with E-state index in [1.54, 1.807) is 24.3 Å². The van der Waals surface area contributed by atoms with Gasteiger partial charge in [0.15, 0.2) is 0 Å². The van der Waals surface area contributed by atoms with Crippen molar-refractivity contribution in [1.29, 1.82) is 5.26 Å². The van der Waals surface area contributed by atoms with E-state index in [9.17, 15) is 10.2 Å². The number of ether oxygens (including phenoxy) is 1. The number of hydrogen-bond acceptors (Lipinski definition) is 5.